The van der Waals surface area contributed by atoms with Crippen molar-refractivity contribution < 1.29 is 9.13 Å². The summed E-state index contributed by atoms with van der Waals surface area (Å²) < 4.78 is 18.9. The van der Waals surface area contributed by atoms with Crippen LogP contribution in [0.1, 0.15) is 16.5 Å². The normalized spacial score (nSPS) is 12.4. The van der Waals surface area contributed by atoms with E-state index in [9.17, 15) is 4.39 Å². The van der Waals surface area contributed by atoms with Crippen molar-refractivity contribution in [2.45, 2.75) is 12.5 Å². The molecule has 0 radical (unpaired) electrons. The zero-order valence-corrected chi connectivity index (χ0v) is 13.1. The average molecular weight is 344 g/mol. The summed E-state index contributed by atoms with van der Waals surface area (Å²) in [5, 5.41) is 5.27. The number of halogens is 2. The van der Waals surface area contributed by atoms with Crippen LogP contribution in [-0.4, -0.2) is 14.2 Å². The van der Waals surface area contributed by atoms with E-state index in [0.717, 1.165) is 17.7 Å². The standard InChI is InChI=1S/C14H15BrFNOS/c1-17-13(14-7-10(18-2)8-19-14)6-9-3-4-12(16)11(15)5-9/h3-5,7-8,13,17H,6H2,1-2H3. The summed E-state index contributed by atoms with van der Waals surface area (Å²) in [6.45, 7) is 0. The highest BCUT2D eigenvalue weighted by atomic mass is 79.9. The van der Waals surface area contributed by atoms with Crippen molar-refractivity contribution >= 4 is 27.3 Å². The highest BCUT2D eigenvalue weighted by molar-refractivity contribution is 9.10. The molecule has 0 saturated heterocycles. The second kappa shape index (κ2) is 6.50. The minimum Gasteiger partial charge on any atom is -0.496 e. The average Bonchev–Trinajstić information content (AvgIpc) is 2.88. The van der Waals surface area contributed by atoms with Crippen LogP contribution in [0, 0.1) is 5.82 Å². The molecule has 2 nitrogen and oxygen atoms in total. The molecule has 102 valence electrons. The van der Waals surface area contributed by atoms with Crippen molar-refractivity contribution in [2.24, 2.45) is 0 Å². The fourth-order valence-electron chi connectivity index (χ4n) is 1.87. The first-order valence-electron chi connectivity index (χ1n) is 5.87. The number of thiophene rings is 1. The molecule has 1 unspecified atom stereocenters. The monoisotopic (exact) mass is 343 g/mol. The van der Waals surface area contributed by atoms with Crippen molar-refractivity contribution in [2.75, 3.05) is 14.2 Å². The first-order valence-corrected chi connectivity index (χ1v) is 7.55. The largest absolute Gasteiger partial charge is 0.496 e. The molecular formula is C14H15BrFNOS. The SMILES string of the molecule is CNC(Cc1ccc(F)c(Br)c1)c1cc(OC)cs1. The lowest BCUT2D eigenvalue weighted by Gasteiger charge is -2.14. The van der Waals surface area contributed by atoms with Gasteiger partial charge < -0.3 is 10.1 Å². The van der Waals surface area contributed by atoms with Crippen molar-refractivity contribution in [1.82, 2.24) is 5.32 Å². The third-order valence-corrected chi connectivity index (χ3v) is 4.58. The summed E-state index contributed by atoms with van der Waals surface area (Å²) in [6.07, 6.45) is 0.805. The predicted octanol–water partition coefficient (Wildman–Crippen LogP) is 4.16. The third-order valence-electron chi connectivity index (χ3n) is 2.95. The van der Waals surface area contributed by atoms with Crippen LogP contribution in [0.3, 0.4) is 0 Å². The predicted molar refractivity (Wildman–Crippen MR) is 80.5 cm³/mol. The van der Waals surface area contributed by atoms with Gasteiger partial charge in [0, 0.05) is 16.3 Å². The maximum absolute atomic E-state index is 13.2. The van der Waals surface area contributed by atoms with E-state index in [0.29, 0.717) is 4.47 Å². The van der Waals surface area contributed by atoms with E-state index in [1.807, 2.05) is 30.6 Å². The molecule has 0 amide bonds. The molecule has 0 aliphatic heterocycles. The maximum atomic E-state index is 13.2. The Balaban J connectivity index is 2.16. The van der Waals surface area contributed by atoms with Crippen LogP contribution in [-0.2, 0) is 6.42 Å². The lowest BCUT2D eigenvalue weighted by Crippen LogP contribution is -2.17. The smallest absolute Gasteiger partial charge is 0.137 e. The van der Waals surface area contributed by atoms with Crippen LogP contribution in [0.2, 0.25) is 0 Å². The van der Waals surface area contributed by atoms with Crippen LogP contribution < -0.4 is 10.1 Å². The number of ether oxygens (including phenoxy) is 1. The Kier molecular flexibility index (Phi) is 4.96. The zero-order valence-electron chi connectivity index (χ0n) is 10.7. The molecule has 1 aromatic heterocycles. The summed E-state index contributed by atoms with van der Waals surface area (Å²) in [7, 11) is 3.59. The quantitative estimate of drug-likeness (QED) is 0.879. The molecule has 19 heavy (non-hydrogen) atoms. The van der Waals surface area contributed by atoms with E-state index in [1.54, 1.807) is 18.4 Å². The Labute approximate surface area is 124 Å². The molecule has 0 aliphatic carbocycles. The Hall–Kier alpha value is -0.910. The summed E-state index contributed by atoms with van der Waals surface area (Å²) in [5.41, 5.74) is 1.08. The number of benzene rings is 1. The van der Waals surface area contributed by atoms with Gasteiger partial charge in [-0.05, 0) is 53.2 Å². The molecule has 0 fully saturated rings. The van der Waals surface area contributed by atoms with E-state index < -0.39 is 0 Å². The first-order chi connectivity index (χ1) is 9.13. The molecular weight excluding hydrogens is 329 g/mol. The van der Waals surface area contributed by atoms with Gasteiger partial charge in [-0.15, -0.1) is 11.3 Å². The molecule has 5 heteroatoms. The van der Waals surface area contributed by atoms with E-state index in [-0.39, 0.29) is 11.9 Å². The zero-order chi connectivity index (χ0) is 13.8. The highest BCUT2D eigenvalue weighted by Gasteiger charge is 2.14. The molecule has 2 rings (SSSR count). The number of methoxy groups -OCH3 is 1. The topological polar surface area (TPSA) is 21.3 Å². The van der Waals surface area contributed by atoms with E-state index in [1.165, 1.54) is 10.9 Å². The van der Waals surface area contributed by atoms with E-state index in [2.05, 4.69) is 21.2 Å². The van der Waals surface area contributed by atoms with Gasteiger partial charge in [-0.25, -0.2) is 4.39 Å². The lowest BCUT2D eigenvalue weighted by atomic mass is 10.0. The van der Waals surface area contributed by atoms with Gasteiger partial charge in [-0.3, -0.25) is 0 Å². The fraction of sp³-hybridized carbons (Fsp3) is 0.286. The van der Waals surface area contributed by atoms with E-state index >= 15 is 0 Å². The highest BCUT2D eigenvalue weighted by Crippen LogP contribution is 2.29. The third kappa shape index (κ3) is 3.55. The minimum absolute atomic E-state index is 0.200. The van der Waals surface area contributed by atoms with Crippen LogP contribution >= 0.6 is 27.3 Å². The van der Waals surface area contributed by atoms with Gasteiger partial charge in [0.05, 0.1) is 11.6 Å². The number of nitrogens with one attached hydrogen (secondary N) is 1. The van der Waals surface area contributed by atoms with Gasteiger partial charge in [0.25, 0.3) is 0 Å². The summed E-state index contributed by atoms with van der Waals surface area (Å²) >= 11 is 4.88. The van der Waals surface area contributed by atoms with Crippen LogP contribution in [0.4, 0.5) is 4.39 Å². The second-order valence-electron chi connectivity index (χ2n) is 4.18. The van der Waals surface area contributed by atoms with Gasteiger partial charge in [0.2, 0.25) is 0 Å². The minimum atomic E-state index is -0.234. The summed E-state index contributed by atoms with van der Waals surface area (Å²) in [6, 6.07) is 7.36. The van der Waals surface area contributed by atoms with Crippen molar-refractivity contribution in [1.29, 1.82) is 0 Å². The number of likely N-dealkylation sites (N-methyl/N-ethyl adjacent to an activating group) is 1. The van der Waals surface area contributed by atoms with Crippen LogP contribution in [0.15, 0.2) is 34.1 Å². The Morgan fingerprint density at radius 1 is 1.42 bits per heavy atom. The fourth-order valence-corrected chi connectivity index (χ4v) is 3.26. The van der Waals surface area contributed by atoms with E-state index in [4.69, 9.17) is 4.74 Å². The molecule has 0 aliphatic rings. The molecule has 2 aromatic rings. The van der Waals surface area contributed by atoms with Gasteiger partial charge >= 0.3 is 0 Å². The molecule has 1 N–H and O–H groups in total. The molecule has 0 spiro atoms. The van der Waals surface area contributed by atoms with Crippen molar-refractivity contribution in [3.05, 3.63) is 50.4 Å². The first kappa shape index (κ1) is 14.5. The van der Waals surface area contributed by atoms with Crippen LogP contribution in [0.5, 0.6) is 5.75 Å². The molecule has 1 aromatic carbocycles. The van der Waals surface area contributed by atoms with Crippen molar-refractivity contribution in [3.63, 3.8) is 0 Å². The Morgan fingerprint density at radius 2 is 2.21 bits per heavy atom. The summed E-state index contributed by atoms with van der Waals surface area (Å²) in [5.74, 6) is 0.642. The van der Waals surface area contributed by atoms with Crippen LogP contribution in [0.25, 0.3) is 0 Å². The maximum Gasteiger partial charge on any atom is 0.137 e. The summed E-state index contributed by atoms with van der Waals surface area (Å²) in [4.78, 5) is 1.21. The lowest BCUT2D eigenvalue weighted by molar-refractivity contribution is 0.416. The second-order valence-corrected chi connectivity index (χ2v) is 5.98. The number of rotatable bonds is 5. The van der Waals surface area contributed by atoms with Crippen molar-refractivity contribution in [3.8, 4) is 5.75 Å². The number of hydrogen-bond acceptors (Lipinski definition) is 3. The Bertz CT molecular complexity index is 558. The van der Waals surface area contributed by atoms with Gasteiger partial charge in [0.15, 0.2) is 0 Å². The molecule has 0 bridgehead atoms. The van der Waals surface area contributed by atoms with Gasteiger partial charge in [-0.2, -0.15) is 0 Å². The molecule has 1 heterocycles. The molecule has 0 saturated carbocycles. The van der Waals surface area contributed by atoms with Gasteiger partial charge in [0.1, 0.15) is 11.6 Å². The molecule has 1 atom stereocenters. The van der Waals surface area contributed by atoms with Gasteiger partial charge in [-0.1, -0.05) is 6.07 Å². The Morgan fingerprint density at radius 3 is 2.79 bits per heavy atom. The number of hydrogen-bond donors (Lipinski definition) is 1.